The number of benzene rings is 1. The van der Waals surface area contributed by atoms with E-state index < -0.39 is 11.8 Å². The van der Waals surface area contributed by atoms with Crippen LogP contribution < -0.4 is 15.4 Å². The lowest BCUT2D eigenvalue weighted by Gasteiger charge is -2.09. The molecule has 0 spiro atoms. The fraction of sp³-hybridized carbons (Fsp3) is 0.200. The molecule has 0 saturated heterocycles. The second-order valence-electron chi connectivity index (χ2n) is 2.88. The molecule has 0 aliphatic carbocycles. The number of carbonyl (C=O) groups is 2. The van der Waals surface area contributed by atoms with Gasteiger partial charge in [0.05, 0.1) is 12.8 Å². The summed E-state index contributed by atoms with van der Waals surface area (Å²) in [5.41, 5.74) is 0.351. The summed E-state index contributed by atoms with van der Waals surface area (Å²) in [6, 6.07) is 4.72. The van der Waals surface area contributed by atoms with Crippen molar-refractivity contribution in [1.29, 1.82) is 0 Å². The zero-order valence-electron chi connectivity index (χ0n) is 8.83. The molecule has 0 atom stereocenters. The highest BCUT2D eigenvalue weighted by Crippen LogP contribution is 2.27. The third-order valence-corrected chi connectivity index (χ3v) is 2.08. The summed E-state index contributed by atoms with van der Waals surface area (Å²) in [6.45, 7) is 0. The van der Waals surface area contributed by atoms with Crippen molar-refractivity contribution >= 4 is 29.1 Å². The van der Waals surface area contributed by atoms with Gasteiger partial charge < -0.3 is 15.4 Å². The molecular weight excluding hydrogens is 232 g/mol. The highest BCUT2D eigenvalue weighted by Gasteiger charge is 2.14. The van der Waals surface area contributed by atoms with Crippen molar-refractivity contribution in [2.45, 2.75) is 0 Å². The van der Waals surface area contributed by atoms with Crippen LogP contribution in [0.5, 0.6) is 5.75 Å². The monoisotopic (exact) mass is 242 g/mol. The van der Waals surface area contributed by atoms with Gasteiger partial charge in [-0.15, -0.1) is 0 Å². The number of amides is 2. The van der Waals surface area contributed by atoms with E-state index in [2.05, 4.69) is 10.6 Å². The standard InChI is InChI=1S/C10H11ClN2O3/c1-12-9(14)10(15)13-7-5-6(11)3-4-8(7)16-2/h3-5H,1-2H3,(H,12,14)(H,13,15). The van der Waals surface area contributed by atoms with Crippen molar-refractivity contribution < 1.29 is 14.3 Å². The van der Waals surface area contributed by atoms with Gasteiger partial charge in [0.2, 0.25) is 0 Å². The Morgan fingerprint density at radius 2 is 2.00 bits per heavy atom. The first-order valence-electron chi connectivity index (χ1n) is 4.45. The number of halogens is 1. The fourth-order valence-corrected chi connectivity index (χ4v) is 1.24. The van der Waals surface area contributed by atoms with Crippen molar-refractivity contribution in [3.63, 3.8) is 0 Å². The van der Waals surface area contributed by atoms with E-state index in [1.807, 2.05) is 0 Å². The Balaban J connectivity index is 2.91. The Labute approximate surface area is 97.7 Å². The van der Waals surface area contributed by atoms with Crippen molar-refractivity contribution in [1.82, 2.24) is 5.32 Å². The highest BCUT2D eigenvalue weighted by atomic mass is 35.5. The SMILES string of the molecule is CNC(=O)C(=O)Nc1cc(Cl)ccc1OC. The molecule has 1 aromatic carbocycles. The number of likely N-dealkylation sites (N-methyl/N-ethyl adjacent to an activating group) is 1. The molecule has 0 bridgehead atoms. The molecule has 0 aromatic heterocycles. The van der Waals surface area contributed by atoms with Gasteiger partial charge in [-0.3, -0.25) is 9.59 Å². The maximum Gasteiger partial charge on any atom is 0.313 e. The second kappa shape index (κ2) is 5.37. The lowest BCUT2D eigenvalue weighted by atomic mass is 10.3. The Kier molecular flexibility index (Phi) is 4.13. The number of carbonyl (C=O) groups excluding carboxylic acids is 2. The summed E-state index contributed by atoms with van der Waals surface area (Å²) in [5, 5.41) is 5.04. The summed E-state index contributed by atoms with van der Waals surface area (Å²) in [4.78, 5) is 22.3. The number of nitrogens with one attached hydrogen (secondary N) is 2. The van der Waals surface area contributed by atoms with Crippen molar-refractivity contribution in [2.24, 2.45) is 0 Å². The lowest BCUT2D eigenvalue weighted by molar-refractivity contribution is -0.135. The fourth-order valence-electron chi connectivity index (χ4n) is 1.07. The van der Waals surface area contributed by atoms with Gasteiger partial charge in [-0.05, 0) is 18.2 Å². The van der Waals surface area contributed by atoms with E-state index in [9.17, 15) is 9.59 Å². The molecule has 0 radical (unpaired) electrons. The van der Waals surface area contributed by atoms with Crippen LogP contribution >= 0.6 is 11.6 Å². The van der Waals surface area contributed by atoms with E-state index in [0.29, 0.717) is 16.5 Å². The molecule has 0 aliphatic rings. The van der Waals surface area contributed by atoms with Gasteiger partial charge >= 0.3 is 11.8 Å². The van der Waals surface area contributed by atoms with Gasteiger partial charge in [0, 0.05) is 12.1 Å². The molecule has 1 aromatic rings. The van der Waals surface area contributed by atoms with Gasteiger partial charge in [0.15, 0.2) is 0 Å². The maximum atomic E-state index is 11.3. The number of rotatable bonds is 2. The minimum atomic E-state index is -0.775. The first kappa shape index (κ1) is 12.3. The minimum absolute atomic E-state index is 0.351. The van der Waals surface area contributed by atoms with Crippen LogP contribution in [-0.4, -0.2) is 26.0 Å². The summed E-state index contributed by atoms with van der Waals surface area (Å²) in [7, 11) is 2.83. The second-order valence-corrected chi connectivity index (χ2v) is 3.31. The lowest BCUT2D eigenvalue weighted by Crippen LogP contribution is -2.32. The van der Waals surface area contributed by atoms with Crippen LogP contribution in [0.25, 0.3) is 0 Å². The first-order chi connectivity index (χ1) is 7.58. The maximum absolute atomic E-state index is 11.3. The number of anilines is 1. The predicted octanol–water partition coefficient (Wildman–Crippen LogP) is 1.03. The highest BCUT2D eigenvalue weighted by molar-refractivity contribution is 6.40. The van der Waals surface area contributed by atoms with Crippen LogP contribution in [0.3, 0.4) is 0 Å². The van der Waals surface area contributed by atoms with Crippen molar-refractivity contribution in [3.05, 3.63) is 23.2 Å². The molecule has 0 aliphatic heterocycles. The Hall–Kier alpha value is -1.75. The van der Waals surface area contributed by atoms with Crippen molar-refractivity contribution in [3.8, 4) is 5.75 Å². The molecule has 0 heterocycles. The van der Waals surface area contributed by atoms with Crippen LogP contribution in [0.15, 0.2) is 18.2 Å². The molecule has 2 amide bonds. The van der Waals surface area contributed by atoms with Crippen LogP contribution in [0.2, 0.25) is 5.02 Å². The average molecular weight is 243 g/mol. The van der Waals surface area contributed by atoms with Crippen LogP contribution in [0.4, 0.5) is 5.69 Å². The summed E-state index contributed by atoms with van der Waals surface area (Å²) >= 11 is 5.76. The summed E-state index contributed by atoms with van der Waals surface area (Å²) in [5.74, 6) is -1.08. The number of hydrogen-bond acceptors (Lipinski definition) is 3. The van der Waals surface area contributed by atoms with Gasteiger partial charge in [0.1, 0.15) is 5.75 Å². The number of hydrogen-bond donors (Lipinski definition) is 2. The Morgan fingerprint density at radius 1 is 1.31 bits per heavy atom. The van der Waals surface area contributed by atoms with Crippen molar-refractivity contribution in [2.75, 3.05) is 19.5 Å². The largest absolute Gasteiger partial charge is 0.495 e. The molecule has 5 nitrogen and oxygen atoms in total. The summed E-state index contributed by atoms with van der Waals surface area (Å²) in [6.07, 6.45) is 0. The smallest absolute Gasteiger partial charge is 0.313 e. The minimum Gasteiger partial charge on any atom is -0.495 e. The predicted molar refractivity (Wildman–Crippen MR) is 60.7 cm³/mol. The van der Waals surface area contributed by atoms with Gasteiger partial charge in [-0.25, -0.2) is 0 Å². The zero-order chi connectivity index (χ0) is 12.1. The quantitative estimate of drug-likeness (QED) is 0.762. The topological polar surface area (TPSA) is 67.4 Å². The Bertz CT molecular complexity index is 421. The molecule has 0 unspecified atom stereocenters. The first-order valence-corrected chi connectivity index (χ1v) is 4.83. The third-order valence-electron chi connectivity index (χ3n) is 1.84. The molecular formula is C10H11ClN2O3. The van der Waals surface area contributed by atoms with E-state index in [-0.39, 0.29) is 0 Å². The van der Waals surface area contributed by atoms with Crippen LogP contribution in [0, 0.1) is 0 Å². The molecule has 0 saturated carbocycles. The summed E-state index contributed by atoms with van der Waals surface area (Å²) < 4.78 is 5.01. The van der Waals surface area contributed by atoms with E-state index >= 15 is 0 Å². The number of ether oxygens (including phenoxy) is 1. The molecule has 6 heteroatoms. The molecule has 2 N–H and O–H groups in total. The van der Waals surface area contributed by atoms with Gasteiger partial charge in [-0.1, -0.05) is 11.6 Å². The van der Waals surface area contributed by atoms with E-state index in [0.717, 1.165) is 0 Å². The van der Waals surface area contributed by atoms with Crippen LogP contribution in [0.1, 0.15) is 0 Å². The Morgan fingerprint density at radius 3 is 2.56 bits per heavy atom. The van der Waals surface area contributed by atoms with E-state index in [4.69, 9.17) is 16.3 Å². The average Bonchev–Trinajstić information content (AvgIpc) is 2.28. The van der Waals surface area contributed by atoms with E-state index in [1.54, 1.807) is 12.1 Å². The third kappa shape index (κ3) is 2.87. The molecule has 86 valence electrons. The molecule has 0 fully saturated rings. The van der Waals surface area contributed by atoms with Crippen LogP contribution in [-0.2, 0) is 9.59 Å². The van der Waals surface area contributed by atoms with E-state index in [1.165, 1.54) is 20.2 Å². The number of methoxy groups -OCH3 is 1. The molecule has 1 rings (SSSR count). The molecule has 16 heavy (non-hydrogen) atoms. The van der Waals surface area contributed by atoms with Gasteiger partial charge in [0.25, 0.3) is 0 Å². The zero-order valence-corrected chi connectivity index (χ0v) is 9.59. The normalized spacial score (nSPS) is 9.44. The van der Waals surface area contributed by atoms with Gasteiger partial charge in [-0.2, -0.15) is 0 Å².